The van der Waals surface area contributed by atoms with Gasteiger partial charge in [-0.2, -0.15) is 0 Å². The van der Waals surface area contributed by atoms with E-state index < -0.39 is 17.9 Å². The number of carboxylic acids is 1. The van der Waals surface area contributed by atoms with Crippen LogP contribution in [0.15, 0.2) is 0 Å². The second-order valence-corrected chi connectivity index (χ2v) is 3.61. The van der Waals surface area contributed by atoms with Gasteiger partial charge < -0.3 is 20.3 Å². The molecular formula is C10H20N2O5. The first-order valence-electron chi connectivity index (χ1n) is 5.33. The zero-order valence-electron chi connectivity index (χ0n) is 10.2. The van der Waals surface area contributed by atoms with Crippen molar-refractivity contribution in [1.82, 2.24) is 10.2 Å². The molecule has 0 spiro atoms. The van der Waals surface area contributed by atoms with Crippen LogP contribution >= 0.6 is 0 Å². The predicted molar refractivity (Wildman–Crippen MR) is 60.6 cm³/mol. The molecule has 0 rings (SSSR count). The first-order valence-corrected chi connectivity index (χ1v) is 5.33. The average molecular weight is 248 g/mol. The fourth-order valence-corrected chi connectivity index (χ4v) is 1.35. The van der Waals surface area contributed by atoms with Gasteiger partial charge in [0.1, 0.15) is 6.04 Å². The minimum atomic E-state index is -1.10. The molecule has 100 valence electrons. The van der Waals surface area contributed by atoms with Crippen LogP contribution in [0.4, 0.5) is 0 Å². The van der Waals surface area contributed by atoms with E-state index in [4.69, 9.17) is 14.9 Å². The van der Waals surface area contributed by atoms with E-state index in [9.17, 15) is 9.59 Å². The number of hydrogen-bond acceptors (Lipinski definition) is 5. The van der Waals surface area contributed by atoms with Gasteiger partial charge in [0.05, 0.1) is 13.2 Å². The zero-order valence-corrected chi connectivity index (χ0v) is 10.2. The highest BCUT2D eigenvalue weighted by molar-refractivity contribution is 5.82. The Labute approximate surface area is 100 Å². The van der Waals surface area contributed by atoms with Gasteiger partial charge in [-0.25, -0.2) is 4.79 Å². The van der Waals surface area contributed by atoms with Crippen molar-refractivity contribution in [2.75, 3.05) is 40.0 Å². The molecule has 0 saturated heterocycles. The van der Waals surface area contributed by atoms with Gasteiger partial charge in [-0.1, -0.05) is 0 Å². The number of nitrogens with zero attached hydrogens (tertiary/aromatic N) is 1. The first kappa shape index (κ1) is 15.8. The van der Waals surface area contributed by atoms with Crippen LogP contribution in [0.25, 0.3) is 0 Å². The number of hydrogen-bond donors (Lipinski definition) is 3. The van der Waals surface area contributed by atoms with Crippen molar-refractivity contribution in [2.24, 2.45) is 0 Å². The molecule has 7 heteroatoms. The summed E-state index contributed by atoms with van der Waals surface area (Å²) in [5, 5.41) is 20.1. The van der Waals surface area contributed by atoms with Crippen LogP contribution in [-0.2, 0) is 14.3 Å². The molecule has 0 aromatic carbocycles. The lowest BCUT2D eigenvalue weighted by Gasteiger charge is -2.24. The van der Waals surface area contributed by atoms with Crippen LogP contribution in [0.2, 0.25) is 0 Å². The molecule has 1 unspecified atom stereocenters. The fraction of sp³-hybridized carbons (Fsp3) is 0.800. The standard InChI is InChI=1S/C10H20N2O5/c1-8(14)11-9(10(15)16)7-12(3-5-13)4-6-17-2/h9,13H,3-7H2,1-2H3,(H,11,14)(H,15,16). The molecular weight excluding hydrogens is 228 g/mol. The zero-order chi connectivity index (χ0) is 13.3. The van der Waals surface area contributed by atoms with Gasteiger partial charge in [-0.15, -0.1) is 0 Å². The Bertz CT molecular complexity index is 247. The smallest absolute Gasteiger partial charge is 0.327 e. The van der Waals surface area contributed by atoms with Crippen molar-refractivity contribution in [2.45, 2.75) is 13.0 Å². The van der Waals surface area contributed by atoms with E-state index in [1.54, 1.807) is 12.0 Å². The van der Waals surface area contributed by atoms with E-state index in [1.807, 2.05) is 0 Å². The third-order valence-corrected chi connectivity index (χ3v) is 2.14. The maximum Gasteiger partial charge on any atom is 0.327 e. The molecule has 0 fully saturated rings. The molecule has 0 aromatic rings. The molecule has 0 aliphatic rings. The third kappa shape index (κ3) is 7.67. The van der Waals surface area contributed by atoms with Crippen molar-refractivity contribution < 1.29 is 24.5 Å². The molecule has 7 nitrogen and oxygen atoms in total. The number of carbonyl (C=O) groups excluding carboxylic acids is 1. The Morgan fingerprint density at radius 1 is 1.41 bits per heavy atom. The summed E-state index contributed by atoms with van der Waals surface area (Å²) >= 11 is 0. The van der Waals surface area contributed by atoms with E-state index in [1.165, 1.54) is 6.92 Å². The fourth-order valence-electron chi connectivity index (χ4n) is 1.35. The van der Waals surface area contributed by atoms with Crippen molar-refractivity contribution in [1.29, 1.82) is 0 Å². The minimum Gasteiger partial charge on any atom is -0.480 e. The highest BCUT2D eigenvalue weighted by Crippen LogP contribution is 1.94. The summed E-state index contributed by atoms with van der Waals surface area (Å²) in [7, 11) is 1.54. The van der Waals surface area contributed by atoms with Crippen molar-refractivity contribution in [3.05, 3.63) is 0 Å². The van der Waals surface area contributed by atoms with Crippen molar-refractivity contribution in [3.63, 3.8) is 0 Å². The number of nitrogens with one attached hydrogen (secondary N) is 1. The Kier molecular flexibility index (Phi) is 8.29. The van der Waals surface area contributed by atoms with E-state index in [-0.39, 0.29) is 13.2 Å². The summed E-state index contributed by atoms with van der Waals surface area (Å²) < 4.78 is 4.88. The monoisotopic (exact) mass is 248 g/mol. The number of aliphatic hydroxyl groups is 1. The normalized spacial score (nSPS) is 12.5. The van der Waals surface area contributed by atoms with Gasteiger partial charge >= 0.3 is 5.97 Å². The van der Waals surface area contributed by atoms with Crippen LogP contribution in [0.5, 0.6) is 0 Å². The van der Waals surface area contributed by atoms with E-state index in [0.717, 1.165) is 0 Å². The minimum absolute atomic E-state index is 0.0733. The van der Waals surface area contributed by atoms with Crippen LogP contribution in [-0.4, -0.2) is 73.0 Å². The third-order valence-electron chi connectivity index (χ3n) is 2.14. The Morgan fingerprint density at radius 2 is 2.06 bits per heavy atom. The summed E-state index contributed by atoms with van der Waals surface area (Å²) in [6, 6.07) is -0.976. The average Bonchev–Trinajstić information content (AvgIpc) is 2.24. The van der Waals surface area contributed by atoms with Gasteiger partial charge in [0.15, 0.2) is 0 Å². The lowest BCUT2D eigenvalue weighted by atomic mass is 10.2. The molecule has 0 aliphatic carbocycles. The number of aliphatic carboxylic acids is 1. The molecule has 0 heterocycles. The summed E-state index contributed by atoms with van der Waals surface area (Å²) in [5.74, 6) is -1.49. The Balaban J connectivity index is 4.33. The molecule has 0 saturated carbocycles. The second-order valence-electron chi connectivity index (χ2n) is 3.61. The molecule has 17 heavy (non-hydrogen) atoms. The maximum atomic E-state index is 10.9. The summed E-state index contributed by atoms with van der Waals surface area (Å²) in [6.07, 6.45) is 0. The number of carbonyl (C=O) groups is 2. The van der Waals surface area contributed by atoms with Crippen LogP contribution in [0.1, 0.15) is 6.92 Å². The van der Waals surface area contributed by atoms with Crippen molar-refractivity contribution >= 4 is 11.9 Å². The molecule has 0 aliphatic heterocycles. The molecule has 0 aromatic heterocycles. The number of aliphatic hydroxyl groups excluding tert-OH is 1. The molecule has 0 bridgehead atoms. The number of ether oxygens (including phenoxy) is 1. The lowest BCUT2D eigenvalue weighted by molar-refractivity contribution is -0.142. The van der Waals surface area contributed by atoms with E-state index in [0.29, 0.717) is 19.7 Å². The summed E-state index contributed by atoms with van der Waals surface area (Å²) in [4.78, 5) is 23.5. The Hall–Kier alpha value is -1.18. The highest BCUT2D eigenvalue weighted by Gasteiger charge is 2.21. The molecule has 3 N–H and O–H groups in total. The van der Waals surface area contributed by atoms with Gasteiger partial charge in [-0.05, 0) is 0 Å². The quantitative estimate of drug-likeness (QED) is 0.460. The van der Waals surface area contributed by atoms with Crippen LogP contribution in [0.3, 0.4) is 0 Å². The van der Waals surface area contributed by atoms with Gasteiger partial charge in [-0.3, -0.25) is 9.69 Å². The lowest BCUT2D eigenvalue weighted by Crippen LogP contribution is -2.49. The van der Waals surface area contributed by atoms with Crippen LogP contribution < -0.4 is 5.32 Å². The highest BCUT2D eigenvalue weighted by atomic mass is 16.5. The number of carboxylic acid groups (broad SMARTS) is 1. The van der Waals surface area contributed by atoms with E-state index in [2.05, 4.69) is 5.32 Å². The van der Waals surface area contributed by atoms with Crippen molar-refractivity contribution in [3.8, 4) is 0 Å². The van der Waals surface area contributed by atoms with Gasteiger partial charge in [0, 0.05) is 33.7 Å². The molecule has 0 radical (unpaired) electrons. The second kappa shape index (κ2) is 8.91. The summed E-state index contributed by atoms with van der Waals surface area (Å²) in [6.45, 7) is 2.61. The topological polar surface area (TPSA) is 99.1 Å². The SMILES string of the molecule is COCCN(CCO)CC(NC(C)=O)C(=O)O. The largest absolute Gasteiger partial charge is 0.480 e. The van der Waals surface area contributed by atoms with Gasteiger partial charge in [0.2, 0.25) is 5.91 Å². The first-order chi connectivity index (χ1) is 8.01. The number of amides is 1. The maximum absolute atomic E-state index is 10.9. The molecule has 1 atom stereocenters. The summed E-state index contributed by atoms with van der Waals surface area (Å²) in [5.41, 5.74) is 0. The van der Waals surface area contributed by atoms with Crippen LogP contribution in [0, 0.1) is 0 Å². The van der Waals surface area contributed by atoms with Gasteiger partial charge in [0.25, 0.3) is 0 Å². The van der Waals surface area contributed by atoms with E-state index >= 15 is 0 Å². The number of rotatable bonds is 9. The number of methoxy groups -OCH3 is 1. The predicted octanol–water partition coefficient (Wildman–Crippen LogP) is -1.48. The Morgan fingerprint density at radius 3 is 2.47 bits per heavy atom. The molecule has 1 amide bonds.